The molecule has 0 bridgehead atoms. The Hall–Kier alpha value is -1.84. The smallest absolute Gasteiger partial charge is 0.129 e. The summed E-state index contributed by atoms with van der Waals surface area (Å²) in [6, 6.07) is 6.33. The number of aromatic nitrogens is 3. The maximum absolute atomic E-state index is 4.53. The van der Waals surface area contributed by atoms with Crippen molar-refractivity contribution in [3.05, 3.63) is 41.9 Å². The monoisotopic (exact) mass is 230 g/mol. The first-order chi connectivity index (χ1) is 8.08. The van der Waals surface area contributed by atoms with Crippen molar-refractivity contribution in [1.82, 2.24) is 14.8 Å². The molecule has 0 aromatic carbocycles. The molecule has 90 valence electrons. The van der Waals surface area contributed by atoms with Crippen molar-refractivity contribution in [3.8, 4) is 0 Å². The Morgan fingerprint density at radius 2 is 2.12 bits per heavy atom. The van der Waals surface area contributed by atoms with E-state index in [1.807, 2.05) is 49.2 Å². The van der Waals surface area contributed by atoms with Crippen LogP contribution in [0, 0.1) is 6.92 Å². The fourth-order valence-corrected chi connectivity index (χ4v) is 1.80. The molecule has 4 heteroatoms. The lowest BCUT2D eigenvalue weighted by Crippen LogP contribution is -2.22. The highest BCUT2D eigenvalue weighted by Crippen LogP contribution is 2.23. The van der Waals surface area contributed by atoms with Gasteiger partial charge in [-0.25, -0.2) is 4.98 Å². The van der Waals surface area contributed by atoms with Gasteiger partial charge in [-0.3, -0.25) is 4.68 Å². The summed E-state index contributed by atoms with van der Waals surface area (Å²) >= 11 is 0. The van der Waals surface area contributed by atoms with E-state index >= 15 is 0 Å². The largest absolute Gasteiger partial charge is 0.353 e. The minimum atomic E-state index is 0.262. The molecule has 0 spiro atoms. The van der Waals surface area contributed by atoms with Crippen LogP contribution < -0.4 is 4.90 Å². The van der Waals surface area contributed by atoms with Gasteiger partial charge in [-0.2, -0.15) is 5.10 Å². The van der Waals surface area contributed by atoms with Crippen LogP contribution >= 0.6 is 0 Å². The van der Waals surface area contributed by atoms with Gasteiger partial charge in [0.1, 0.15) is 5.82 Å². The molecule has 17 heavy (non-hydrogen) atoms. The molecule has 0 radical (unpaired) electrons. The molecule has 0 saturated carbocycles. The molecular weight excluding hydrogens is 212 g/mol. The zero-order chi connectivity index (χ0) is 12.4. The number of nitrogens with zero attached hydrogens (tertiary/aromatic N) is 4. The maximum atomic E-state index is 4.53. The molecule has 0 N–H and O–H groups in total. The van der Waals surface area contributed by atoms with Crippen LogP contribution in [0.4, 0.5) is 5.82 Å². The van der Waals surface area contributed by atoms with Gasteiger partial charge in [0.15, 0.2) is 0 Å². The van der Waals surface area contributed by atoms with Crippen molar-refractivity contribution in [2.45, 2.75) is 19.9 Å². The van der Waals surface area contributed by atoms with Crippen molar-refractivity contribution < 1.29 is 0 Å². The quantitative estimate of drug-likeness (QED) is 0.811. The summed E-state index contributed by atoms with van der Waals surface area (Å²) in [5.74, 6) is 0.987. The molecule has 0 fully saturated rings. The van der Waals surface area contributed by atoms with Gasteiger partial charge in [0.25, 0.3) is 0 Å². The summed E-state index contributed by atoms with van der Waals surface area (Å²) < 4.78 is 1.82. The minimum Gasteiger partial charge on any atom is -0.353 e. The Labute approximate surface area is 102 Å². The number of pyridine rings is 1. The zero-order valence-corrected chi connectivity index (χ0v) is 10.8. The van der Waals surface area contributed by atoms with Gasteiger partial charge in [-0.1, -0.05) is 6.07 Å². The van der Waals surface area contributed by atoms with Crippen molar-refractivity contribution >= 4 is 5.82 Å². The summed E-state index contributed by atoms with van der Waals surface area (Å²) in [5.41, 5.74) is 2.23. The van der Waals surface area contributed by atoms with E-state index in [2.05, 4.69) is 29.0 Å². The summed E-state index contributed by atoms with van der Waals surface area (Å²) in [5, 5.41) is 4.20. The summed E-state index contributed by atoms with van der Waals surface area (Å²) in [7, 11) is 3.99. The molecule has 0 aliphatic heterocycles. The van der Waals surface area contributed by atoms with E-state index < -0.39 is 0 Å². The molecule has 2 rings (SSSR count). The van der Waals surface area contributed by atoms with Crippen LogP contribution in [0.1, 0.15) is 24.2 Å². The van der Waals surface area contributed by atoms with Gasteiger partial charge >= 0.3 is 0 Å². The highest BCUT2D eigenvalue weighted by atomic mass is 15.3. The average molecular weight is 230 g/mol. The highest BCUT2D eigenvalue weighted by molar-refractivity contribution is 5.41. The van der Waals surface area contributed by atoms with Gasteiger partial charge in [-0.15, -0.1) is 0 Å². The van der Waals surface area contributed by atoms with Crippen LogP contribution in [-0.2, 0) is 7.05 Å². The molecule has 2 aromatic heterocycles. The van der Waals surface area contributed by atoms with E-state index in [-0.39, 0.29) is 6.04 Å². The molecule has 0 unspecified atom stereocenters. The molecular formula is C13H18N4. The predicted octanol–water partition coefficient (Wildman–Crippen LogP) is 2.32. The summed E-state index contributed by atoms with van der Waals surface area (Å²) in [4.78, 5) is 6.68. The van der Waals surface area contributed by atoms with Crippen molar-refractivity contribution in [2.75, 3.05) is 11.9 Å². The average Bonchev–Trinajstić information content (AvgIpc) is 2.74. The maximum Gasteiger partial charge on any atom is 0.129 e. The fourth-order valence-electron chi connectivity index (χ4n) is 1.80. The van der Waals surface area contributed by atoms with Gasteiger partial charge < -0.3 is 4.90 Å². The van der Waals surface area contributed by atoms with Crippen LogP contribution in [0.2, 0.25) is 0 Å². The van der Waals surface area contributed by atoms with Crippen LogP contribution in [-0.4, -0.2) is 21.8 Å². The van der Waals surface area contributed by atoms with E-state index in [1.165, 1.54) is 5.56 Å². The second-order valence-corrected chi connectivity index (χ2v) is 4.37. The normalized spacial score (nSPS) is 12.5. The molecule has 2 aromatic rings. The first-order valence-corrected chi connectivity index (χ1v) is 5.73. The number of hydrogen-bond donors (Lipinski definition) is 0. The molecule has 4 nitrogen and oxygen atoms in total. The summed E-state index contributed by atoms with van der Waals surface area (Å²) in [6.45, 7) is 4.16. The summed E-state index contributed by atoms with van der Waals surface area (Å²) in [6.07, 6.45) is 3.94. The third-order valence-corrected chi connectivity index (χ3v) is 3.02. The van der Waals surface area contributed by atoms with E-state index in [0.29, 0.717) is 0 Å². The van der Waals surface area contributed by atoms with Gasteiger partial charge in [0.2, 0.25) is 0 Å². The standard InChI is InChI=1S/C13H18N4/c1-10-6-5-7-13(15-10)17(4)11(2)12-8-14-16(3)9-12/h5-9,11H,1-4H3/t11-/m0/s1. The van der Waals surface area contributed by atoms with E-state index in [4.69, 9.17) is 0 Å². The minimum absolute atomic E-state index is 0.262. The number of aryl methyl sites for hydroxylation is 2. The first kappa shape index (κ1) is 11.6. The fraction of sp³-hybridized carbons (Fsp3) is 0.385. The van der Waals surface area contributed by atoms with Crippen LogP contribution in [0.3, 0.4) is 0 Å². The lowest BCUT2D eigenvalue weighted by molar-refractivity contribution is 0.722. The Morgan fingerprint density at radius 1 is 1.35 bits per heavy atom. The third-order valence-electron chi connectivity index (χ3n) is 3.02. The molecule has 0 amide bonds. The number of anilines is 1. The SMILES string of the molecule is Cc1cccc(N(C)[C@@H](C)c2cnn(C)c2)n1. The Kier molecular flexibility index (Phi) is 3.13. The molecule has 0 aliphatic carbocycles. The Morgan fingerprint density at radius 3 is 2.71 bits per heavy atom. The van der Waals surface area contributed by atoms with Crippen LogP contribution in [0.15, 0.2) is 30.6 Å². The predicted molar refractivity (Wildman–Crippen MR) is 69.0 cm³/mol. The molecule has 0 aliphatic rings. The lowest BCUT2D eigenvalue weighted by atomic mass is 10.1. The van der Waals surface area contributed by atoms with Crippen molar-refractivity contribution in [1.29, 1.82) is 0 Å². The topological polar surface area (TPSA) is 34.0 Å². The van der Waals surface area contributed by atoms with Gasteiger partial charge in [-0.05, 0) is 26.0 Å². The number of rotatable bonds is 3. The van der Waals surface area contributed by atoms with Crippen molar-refractivity contribution in [3.63, 3.8) is 0 Å². The Bertz CT molecular complexity index is 504. The second kappa shape index (κ2) is 4.57. The second-order valence-electron chi connectivity index (χ2n) is 4.37. The van der Waals surface area contributed by atoms with E-state index in [1.54, 1.807) is 0 Å². The van der Waals surface area contributed by atoms with Crippen molar-refractivity contribution in [2.24, 2.45) is 7.05 Å². The molecule has 1 atom stereocenters. The zero-order valence-electron chi connectivity index (χ0n) is 10.8. The third kappa shape index (κ3) is 2.46. The first-order valence-electron chi connectivity index (χ1n) is 5.73. The lowest BCUT2D eigenvalue weighted by Gasteiger charge is -2.25. The van der Waals surface area contributed by atoms with E-state index in [0.717, 1.165) is 11.5 Å². The Balaban J connectivity index is 2.22. The molecule has 2 heterocycles. The highest BCUT2D eigenvalue weighted by Gasteiger charge is 2.14. The van der Waals surface area contributed by atoms with Gasteiger partial charge in [0.05, 0.1) is 12.2 Å². The number of hydrogen-bond acceptors (Lipinski definition) is 3. The van der Waals surface area contributed by atoms with E-state index in [9.17, 15) is 0 Å². The van der Waals surface area contributed by atoms with Gasteiger partial charge in [0, 0.05) is 31.5 Å². The van der Waals surface area contributed by atoms with Crippen LogP contribution in [0.25, 0.3) is 0 Å². The molecule has 0 saturated heterocycles. The van der Waals surface area contributed by atoms with Crippen LogP contribution in [0.5, 0.6) is 0 Å².